The van der Waals surface area contributed by atoms with E-state index < -0.39 is 0 Å². The van der Waals surface area contributed by atoms with E-state index >= 15 is 0 Å². The van der Waals surface area contributed by atoms with E-state index in [1.54, 1.807) is 18.2 Å². The number of halogens is 2. The zero-order valence-corrected chi connectivity index (χ0v) is 15.1. The van der Waals surface area contributed by atoms with E-state index in [-0.39, 0.29) is 30.1 Å². The van der Waals surface area contributed by atoms with Gasteiger partial charge in [-0.2, -0.15) is 0 Å². The van der Waals surface area contributed by atoms with Crippen LogP contribution in [0.2, 0.25) is 5.02 Å². The number of rotatable bonds is 3. The molecule has 24 heavy (non-hydrogen) atoms. The molecule has 2 fully saturated rings. The molecular weight excluding hydrogens is 349 g/mol. The number of hydrogen-bond acceptors (Lipinski definition) is 3. The Labute approximate surface area is 153 Å². The number of carbonyl (C=O) groups excluding carboxylic acids is 2. The van der Waals surface area contributed by atoms with Crippen molar-refractivity contribution in [1.82, 2.24) is 10.2 Å². The minimum atomic E-state index is -0.0504. The smallest absolute Gasteiger partial charge is 0.256 e. The van der Waals surface area contributed by atoms with E-state index in [2.05, 4.69) is 10.6 Å². The number of piperidine rings is 1. The Kier molecular flexibility index (Phi) is 6.90. The molecule has 0 saturated carbocycles. The maximum absolute atomic E-state index is 12.7. The van der Waals surface area contributed by atoms with Crippen LogP contribution in [0.1, 0.15) is 36.0 Å². The molecule has 2 aliphatic heterocycles. The summed E-state index contributed by atoms with van der Waals surface area (Å²) in [6.07, 6.45) is 3.72. The van der Waals surface area contributed by atoms with Gasteiger partial charge >= 0.3 is 0 Å². The van der Waals surface area contributed by atoms with Gasteiger partial charge < -0.3 is 15.5 Å². The number of nitrogens with zero attached hydrogens (tertiary/aromatic N) is 1. The van der Waals surface area contributed by atoms with Gasteiger partial charge in [-0.1, -0.05) is 11.6 Å². The summed E-state index contributed by atoms with van der Waals surface area (Å²) in [6, 6.07) is 5.09. The van der Waals surface area contributed by atoms with Crippen LogP contribution < -0.4 is 10.6 Å². The summed E-state index contributed by atoms with van der Waals surface area (Å²) < 4.78 is 0. The summed E-state index contributed by atoms with van der Waals surface area (Å²) >= 11 is 6.06. The first-order chi connectivity index (χ1) is 11.1. The van der Waals surface area contributed by atoms with Crippen LogP contribution in [-0.2, 0) is 4.79 Å². The van der Waals surface area contributed by atoms with Gasteiger partial charge in [0, 0.05) is 24.0 Å². The summed E-state index contributed by atoms with van der Waals surface area (Å²) in [6.45, 7) is 3.26. The first-order valence-electron chi connectivity index (χ1n) is 8.25. The SMILES string of the molecule is Cl.O=C(Nc1ccc(Cl)cc1C(=O)N1CCCC1)C1CCNCC1. The molecule has 2 amide bonds. The monoisotopic (exact) mass is 371 g/mol. The Balaban J connectivity index is 0.00000208. The minimum Gasteiger partial charge on any atom is -0.339 e. The van der Waals surface area contributed by atoms with Gasteiger partial charge in [0.15, 0.2) is 0 Å². The normalized spacial score (nSPS) is 18.1. The molecule has 0 spiro atoms. The molecule has 1 aromatic rings. The number of likely N-dealkylation sites (tertiary alicyclic amines) is 1. The maximum atomic E-state index is 12.7. The topological polar surface area (TPSA) is 61.4 Å². The number of nitrogens with one attached hydrogen (secondary N) is 2. The molecule has 7 heteroatoms. The lowest BCUT2D eigenvalue weighted by molar-refractivity contribution is -0.120. The molecule has 0 atom stereocenters. The molecule has 132 valence electrons. The van der Waals surface area contributed by atoms with Crippen LogP contribution in [0.25, 0.3) is 0 Å². The van der Waals surface area contributed by atoms with Crippen LogP contribution in [0.3, 0.4) is 0 Å². The van der Waals surface area contributed by atoms with Gasteiger partial charge in [0.05, 0.1) is 11.3 Å². The van der Waals surface area contributed by atoms with E-state index in [9.17, 15) is 9.59 Å². The van der Waals surface area contributed by atoms with Crippen molar-refractivity contribution in [2.45, 2.75) is 25.7 Å². The largest absolute Gasteiger partial charge is 0.339 e. The van der Waals surface area contributed by atoms with Gasteiger partial charge in [-0.05, 0) is 57.0 Å². The number of benzene rings is 1. The summed E-state index contributed by atoms with van der Waals surface area (Å²) in [7, 11) is 0. The number of amides is 2. The van der Waals surface area contributed by atoms with Crippen molar-refractivity contribution < 1.29 is 9.59 Å². The fourth-order valence-electron chi connectivity index (χ4n) is 3.21. The predicted octanol–water partition coefficient (Wildman–Crippen LogP) is 2.94. The van der Waals surface area contributed by atoms with E-state index in [0.29, 0.717) is 16.3 Å². The first-order valence-corrected chi connectivity index (χ1v) is 8.63. The molecular formula is C17H23Cl2N3O2. The summed E-state index contributed by atoms with van der Waals surface area (Å²) in [4.78, 5) is 27.0. The van der Waals surface area contributed by atoms with Gasteiger partial charge in [0.1, 0.15) is 0 Å². The van der Waals surface area contributed by atoms with Crippen molar-refractivity contribution in [2.75, 3.05) is 31.5 Å². The zero-order valence-electron chi connectivity index (χ0n) is 13.5. The van der Waals surface area contributed by atoms with Crippen molar-refractivity contribution in [2.24, 2.45) is 5.92 Å². The third-order valence-electron chi connectivity index (χ3n) is 4.57. The van der Waals surface area contributed by atoms with Gasteiger partial charge in [0.2, 0.25) is 5.91 Å². The molecule has 0 aliphatic carbocycles. The van der Waals surface area contributed by atoms with Crippen molar-refractivity contribution in [3.63, 3.8) is 0 Å². The molecule has 0 bridgehead atoms. The highest BCUT2D eigenvalue weighted by atomic mass is 35.5. The highest BCUT2D eigenvalue weighted by molar-refractivity contribution is 6.31. The van der Waals surface area contributed by atoms with E-state index in [1.807, 2.05) is 4.90 Å². The second-order valence-electron chi connectivity index (χ2n) is 6.20. The minimum absolute atomic E-state index is 0. The molecule has 2 aliphatic rings. The maximum Gasteiger partial charge on any atom is 0.256 e. The average molecular weight is 372 g/mol. The zero-order chi connectivity index (χ0) is 16.2. The summed E-state index contributed by atoms with van der Waals surface area (Å²) in [5.74, 6) is -0.0587. The Morgan fingerprint density at radius 3 is 2.50 bits per heavy atom. The Morgan fingerprint density at radius 2 is 1.83 bits per heavy atom. The van der Waals surface area contributed by atoms with Crippen LogP contribution in [0.4, 0.5) is 5.69 Å². The van der Waals surface area contributed by atoms with E-state index in [4.69, 9.17) is 11.6 Å². The Bertz CT molecular complexity index is 597. The van der Waals surface area contributed by atoms with E-state index in [1.165, 1.54) is 0 Å². The van der Waals surface area contributed by atoms with Crippen molar-refractivity contribution in [3.05, 3.63) is 28.8 Å². The molecule has 0 unspecified atom stereocenters. The first kappa shape index (κ1) is 19.0. The molecule has 2 saturated heterocycles. The quantitative estimate of drug-likeness (QED) is 0.858. The fourth-order valence-corrected chi connectivity index (χ4v) is 3.38. The molecule has 5 nitrogen and oxygen atoms in total. The molecule has 0 radical (unpaired) electrons. The highest BCUT2D eigenvalue weighted by Gasteiger charge is 2.25. The van der Waals surface area contributed by atoms with Crippen LogP contribution in [0.5, 0.6) is 0 Å². The van der Waals surface area contributed by atoms with Gasteiger partial charge in [-0.3, -0.25) is 9.59 Å². The van der Waals surface area contributed by atoms with Gasteiger partial charge in [-0.25, -0.2) is 0 Å². The predicted molar refractivity (Wildman–Crippen MR) is 98.1 cm³/mol. The number of hydrogen-bond donors (Lipinski definition) is 2. The van der Waals surface area contributed by atoms with Crippen molar-refractivity contribution >= 4 is 41.5 Å². The lowest BCUT2D eigenvalue weighted by Gasteiger charge is -2.23. The van der Waals surface area contributed by atoms with E-state index in [0.717, 1.165) is 51.9 Å². The third-order valence-corrected chi connectivity index (χ3v) is 4.81. The second-order valence-corrected chi connectivity index (χ2v) is 6.64. The van der Waals surface area contributed by atoms with Crippen LogP contribution in [-0.4, -0.2) is 42.9 Å². The molecule has 2 N–H and O–H groups in total. The average Bonchev–Trinajstić information content (AvgIpc) is 3.11. The molecule has 2 heterocycles. The van der Waals surface area contributed by atoms with Crippen LogP contribution in [0.15, 0.2) is 18.2 Å². The van der Waals surface area contributed by atoms with Gasteiger partial charge in [0.25, 0.3) is 5.91 Å². The van der Waals surface area contributed by atoms with Crippen molar-refractivity contribution in [3.8, 4) is 0 Å². The van der Waals surface area contributed by atoms with Crippen LogP contribution >= 0.6 is 24.0 Å². The number of anilines is 1. The van der Waals surface area contributed by atoms with Gasteiger partial charge in [-0.15, -0.1) is 12.4 Å². The second kappa shape index (κ2) is 8.70. The summed E-state index contributed by atoms with van der Waals surface area (Å²) in [5, 5.41) is 6.70. The molecule has 3 rings (SSSR count). The summed E-state index contributed by atoms with van der Waals surface area (Å²) in [5.41, 5.74) is 1.05. The van der Waals surface area contributed by atoms with Crippen LogP contribution in [0, 0.1) is 5.92 Å². The Morgan fingerprint density at radius 1 is 1.17 bits per heavy atom. The van der Waals surface area contributed by atoms with Crippen molar-refractivity contribution in [1.29, 1.82) is 0 Å². The highest BCUT2D eigenvalue weighted by Crippen LogP contribution is 2.25. The molecule has 1 aromatic carbocycles. The standard InChI is InChI=1S/C17H22ClN3O2.ClH/c18-13-3-4-15(20-16(22)12-5-7-19-8-6-12)14(11-13)17(23)21-9-1-2-10-21;/h3-4,11-12,19H,1-2,5-10H2,(H,20,22);1H. The lowest BCUT2D eigenvalue weighted by Crippen LogP contribution is -2.35. The number of carbonyl (C=O) groups is 2. The third kappa shape index (κ3) is 4.41. The molecule has 0 aromatic heterocycles. The Hall–Kier alpha value is -1.30. The lowest BCUT2D eigenvalue weighted by atomic mass is 9.97. The fraction of sp³-hybridized carbons (Fsp3) is 0.529.